The molecule has 1 aromatic rings. The van der Waals surface area contributed by atoms with E-state index in [1.807, 2.05) is 0 Å². The summed E-state index contributed by atoms with van der Waals surface area (Å²) in [6, 6.07) is 1.56. The number of hydrogen-bond donors (Lipinski definition) is 2. The lowest BCUT2D eigenvalue weighted by atomic mass is 9.89. The van der Waals surface area contributed by atoms with Crippen molar-refractivity contribution in [3.05, 3.63) is 12.3 Å². The molecule has 0 radical (unpaired) electrons. The molecule has 1 heterocycles. The Morgan fingerprint density at radius 1 is 1.52 bits per heavy atom. The van der Waals surface area contributed by atoms with Gasteiger partial charge in [0.2, 0.25) is 0 Å². The van der Waals surface area contributed by atoms with Crippen molar-refractivity contribution in [3.8, 4) is 0 Å². The van der Waals surface area contributed by atoms with Gasteiger partial charge in [-0.15, -0.1) is 0 Å². The Hall–Kier alpha value is -1.89. The summed E-state index contributed by atoms with van der Waals surface area (Å²) in [4.78, 5) is 22.3. The highest BCUT2D eigenvalue weighted by Gasteiger charge is 2.20. The molecular formula is C14H21N3O4. The number of carboxylic acid groups (broad SMARTS) is 1. The molecule has 7 heteroatoms. The van der Waals surface area contributed by atoms with Crippen LogP contribution >= 0.6 is 0 Å². The molecule has 1 aromatic heterocycles. The monoisotopic (exact) mass is 295 g/mol. The summed E-state index contributed by atoms with van der Waals surface area (Å²) in [5.74, 6) is -0.264. The fourth-order valence-electron chi connectivity index (χ4n) is 2.56. The highest BCUT2D eigenvalue weighted by molar-refractivity contribution is 5.90. The number of amides is 1. The van der Waals surface area contributed by atoms with Gasteiger partial charge in [-0.3, -0.25) is 14.3 Å². The number of carbonyl (C=O) groups is 2. The van der Waals surface area contributed by atoms with E-state index in [2.05, 4.69) is 17.3 Å². The van der Waals surface area contributed by atoms with Crippen molar-refractivity contribution in [1.82, 2.24) is 9.78 Å². The van der Waals surface area contributed by atoms with E-state index in [-0.39, 0.29) is 25.2 Å². The summed E-state index contributed by atoms with van der Waals surface area (Å²) in [5.41, 5.74) is 0. The quantitative estimate of drug-likeness (QED) is 0.829. The summed E-state index contributed by atoms with van der Waals surface area (Å²) in [5, 5.41) is 15.2. The molecule has 21 heavy (non-hydrogen) atoms. The van der Waals surface area contributed by atoms with Crippen LogP contribution in [0.25, 0.3) is 0 Å². The third-order valence-electron chi connectivity index (χ3n) is 3.54. The highest BCUT2D eigenvalue weighted by Crippen LogP contribution is 2.25. The molecule has 1 saturated carbocycles. The van der Waals surface area contributed by atoms with Crippen molar-refractivity contribution in [3.63, 3.8) is 0 Å². The number of ether oxygens (including phenoxy) is 1. The maximum Gasteiger partial charge on any atom is 0.325 e. The van der Waals surface area contributed by atoms with Crippen LogP contribution in [0.4, 0.5) is 5.82 Å². The van der Waals surface area contributed by atoms with Gasteiger partial charge in [-0.25, -0.2) is 0 Å². The van der Waals surface area contributed by atoms with Crippen LogP contribution in [0.15, 0.2) is 12.3 Å². The molecule has 1 aliphatic rings. The van der Waals surface area contributed by atoms with Crippen molar-refractivity contribution in [2.24, 2.45) is 5.92 Å². The first-order valence-corrected chi connectivity index (χ1v) is 7.19. The number of nitrogens with one attached hydrogen (secondary N) is 1. The van der Waals surface area contributed by atoms with E-state index in [1.165, 1.54) is 17.3 Å². The molecule has 0 aromatic carbocycles. The van der Waals surface area contributed by atoms with E-state index >= 15 is 0 Å². The minimum Gasteiger partial charge on any atom is -0.480 e. The lowest BCUT2D eigenvalue weighted by Crippen LogP contribution is -2.27. The second-order valence-corrected chi connectivity index (χ2v) is 5.55. The molecule has 1 aliphatic carbocycles. The molecule has 0 spiro atoms. The summed E-state index contributed by atoms with van der Waals surface area (Å²) in [7, 11) is 0. The van der Waals surface area contributed by atoms with Crippen molar-refractivity contribution >= 4 is 17.7 Å². The minimum absolute atomic E-state index is 0.00315. The zero-order valence-electron chi connectivity index (χ0n) is 12.1. The molecule has 0 bridgehead atoms. The normalized spacial score (nSPS) is 22.0. The van der Waals surface area contributed by atoms with Crippen molar-refractivity contribution in [1.29, 1.82) is 0 Å². The van der Waals surface area contributed by atoms with Gasteiger partial charge in [-0.1, -0.05) is 19.8 Å². The first-order chi connectivity index (χ1) is 10.0. The van der Waals surface area contributed by atoms with Gasteiger partial charge in [0.15, 0.2) is 5.82 Å². The van der Waals surface area contributed by atoms with Crippen LogP contribution in [-0.4, -0.2) is 39.5 Å². The average Bonchev–Trinajstić information content (AvgIpc) is 2.83. The fourth-order valence-corrected chi connectivity index (χ4v) is 2.56. The number of carbonyl (C=O) groups excluding carboxylic acids is 1. The predicted molar refractivity (Wildman–Crippen MR) is 75.9 cm³/mol. The van der Waals surface area contributed by atoms with E-state index in [1.54, 1.807) is 6.07 Å². The Balaban J connectivity index is 1.73. The summed E-state index contributed by atoms with van der Waals surface area (Å²) in [6.45, 7) is 1.97. The Bertz CT molecular complexity index is 500. The largest absolute Gasteiger partial charge is 0.480 e. The minimum atomic E-state index is -0.981. The van der Waals surface area contributed by atoms with Gasteiger partial charge in [0.05, 0.1) is 6.10 Å². The number of aromatic nitrogens is 2. The van der Waals surface area contributed by atoms with Gasteiger partial charge in [-0.05, 0) is 18.8 Å². The number of rotatable bonds is 6. The van der Waals surface area contributed by atoms with E-state index < -0.39 is 5.97 Å². The zero-order chi connectivity index (χ0) is 15.2. The maximum atomic E-state index is 11.8. The van der Waals surface area contributed by atoms with Crippen molar-refractivity contribution < 1.29 is 19.4 Å². The predicted octanol–water partition coefficient (Wildman–Crippen LogP) is 1.50. The molecule has 0 unspecified atom stereocenters. The average molecular weight is 295 g/mol. The van der Waals surface area contributed by atoms with Crippen LogP contribution in [0.3, 0.4) is 0 Å². The first-order valence-electron chi connectivity index (χ1n) is 7.19. The van der Waals surface area contributed by atoms with Crippen molar-refractivity contribution in [2.75, 3.05) is 11.9 Å². The number of hydrogen-bond acceptors (Lipinski definition) is 4. The van der Waals surface area contributed by atoms with Crippen LogP contribution in [0.1, 0.15) is 32.6 Å². The standard InChI is InChI=1S/C14H21N3O4/c1-10-3-2-4-11(7-10)21-9-13(18)15-12-5-6-17(16-12)8-14(19)20/h5-6,10-11H,2-4,7-9H2,1H3,(H,19,20)(H,15,16,18)/t10-,11-/m0/s1. The molecule has 2 rings (SSSR count). The van der Waals surface area contributed by atoms with Crippen molar-refractivity contribution in [2.45, 2.75) is 45.3 Å². The molecule has 7 nitrogen and oxygen atoms in total. The molecule has 0 aliphatic heterocycles. The van der Waals surface area contributed by atoms with Crippen LogP contribution < -0.4 is 5.32 Å². The second-order valence-electron chi connectivity index (χ2n) is 5.55. The van der Waals surface area contributed by atoms with Gasteiger partial charge in [0, 0.05) is 12.3 Å². The second kappa shape index (κ2) is 7.21. The Kier molecular flexibility index (Phi) is 5.32. The fraction of sp³-hybridized carbons (Fsp3) is 0.643. The molecule has 1 amide bonds. The van der Waals surface area contributed by atoms with Gasteiger partial charge in [-0.2, -0.15) is 5.10 Å². The molecular weight excluding hydrogens is 274 g/mol. The lowest BCUT2D eigenvalue weighted by Gasteiger charge is -2.26. The smallest absolute Gasteiger partial charge is 0.325 e. The molecule has 2 atom stereocenters. The zero-order valence-corrected chi connectivity index (χ0v) is 12.1. The van der Waals surface area contributed by atoms with E-state index in [9.17, 15) is 9.59 Å². The number of carboxylic acids is 1. The molecule has 2 N–H and O–H groups in total. The topological polar surface area (TPSA) is 93.5 Å². The number of nitrogens with zero attached hydrogens (tertiary/aromatic N) is 2. The Labute approximate surface area is 123 Å². The summed E-state index contributed by atoms with van der Waals surface area (Å²) in [6.07, 6.45) is 6.04. The maximum absolute atomic E-state index is 11.8. The van der Waals surface area contributed by atoms with Gasteiger partial charge >= 0.3 is 5.97 Å². The van der Waals surface area contributed by atoms with Crippen LogP contribution in [-0.2, 0) is 20.9 Å². The van der Waals surface area contributed by atoms with E-state index in [0.717, 1.165) is 19.3 Å². The SMILES string of the molecule is C[C@H]1CCC[C@H](OCC(=O)Nc2ccn(CC(=O)O)n2)C1. The lowest BCUT2D eigenvalue weighted by molar-refractivity contribution is -0.137. The molecule has 116 valence electrons. The summed E-state index contributed by atoms with van der Waals surface area (Å²) < 4.78 is 6.87. The van der Waals surface area contributed by atoms with Gasteiger partial charge < -0.3 is 15.2 Å². The Morgan fingerprint density at radius 3 is 3.05 bits per heavy atom. The number of anilines is 1. The Morgan fingerprint density at radius 2 is 2.33 bits per heavy atom. The highest BCUT2D eigenvalue weighted by atomic mass is 16.5. The van der Waals surface area contributed by atoms with Crippen LogP contribution in [0.5, 0.6) is 0 Å². The number of aliphatic carboxylic acids is 1. The third kappa shape index (κ3) is 5.18. The van der Waals surface area contributed by atoms with E-state index in [4.69, 9.17) is 9.84 Å². The van der Waals surface area contributed by atoms with Gasteiger partial charge in [0.1, 0.15) is 13.2 Å². The molecule has 1 fully saturated rings. The van der Waals surface area contributed by atoms with E-state index in [0.29, 0.717) is 11.7 Å². The van der Waals surface area contributed by atoms with Gasteiger partial charge in [0.25, 0.3) is 5.91 Å². The first kappa shape index (κ1) is 15.5. The molecule has 0 saturated heterocycles. The van der Waals surface area contributed by atoms with Crippen LogP contribution in [0, 0.1) is 5.92 Å². The third-order valence-corrected chi connectivity index (χ3v) is 3.54. The summed E-state index contributed by atoms with van der Waals surface area (Å²) >= 11 is 0. The van der Waals surface area contributed by atoms with Crippen LogP contribution in [0.2, 0.25) is 0 Å².